The number of carbonyl (C=O) groups excluding carboxylic acids is 1. The monoisotopic (exact) mass is 496 g/mol. The first-order chi connectivity index (χ1) is 13.9. The first-order valence-electron chi connectivity index (χ1n) is 7.89. The Hall–Kier alpha value is -2.95. The lowest BCUT2D eigenvalue weighted by molar-refractivity contribution is -0.383. The summed E-state index contributed by atoms with van der Waals surface area (Å²) >= 11 is 15.3. The number of halogens is 3. The number of nitro groups is 1. The van der Waals surface area contributed by atoms with Gasteiger partial charge in [0, 0.05) is 9.50 Å². The Labute approximate surface area is 182 Å². The minimum absolute atomic E-state index is 0.133. The Balaban J connectivity index is 1.87. The number of hydrogen-bond acceptors (Lipinski definition) is 7. The molecule has 3 N–H and O–H groups in total. The maximum Gasteiger partial charge on any atom is 0.355 e. The fourth-order valence-corrected chi connectivity index (χ4v) is 3.09. The van der Waals surface area contributed by atoms with E-state index in [2.05, 4.69) is 42.1 Å². The van der Waals surface area contributed by atoms with Crippen molar-refractivity contribution in [3.8, 4) is 0 Å². The number of aromatic nitrogens is 2. The molecule has 0 saturated carbocycles. The second-order valence-electron chi connectivity index (χ2n) is 5.48. The lowest BCUT2D eigenvalue weighted by Gasteiger charge is -2.12. The van der Waals surface area contributed by atoms with E-state index in [1.807, 2.05) is 0 Å². The lowest BCUT2D eigenvalue weighted by atomic mass is 10.2. The molecule has 1 aromatic heterocycles. The van der Waals surface area contributed by atoms with Crippen molar-refractivity contribution >= 4 is 68.0 Å². The number of benzene rings is 2. The van der Waals surface area contributed by atoms with Gasteiger partial charge in [-0.15, -0.1) is 0 Å². The molecule has 0 atom stereocenters. The molecule has 0 aliphatic carbocycles. The number of nitrogens with one attached hydrogen (secondary N) is 3. The van der Waals surface area contributed by atoms with E-state index >= 15 is 0 Å². The summed E-state index contributed by atoms with van der Waals surface area (Å²) < 4.78 is 0.564. The number of nitrogens with zero attached hydrogens (tertiary/aromatic N) is 3. The smallest absolute Gasteiger partial charge is 0.333 e. The topological polar surface area (TPSA) is 122 Å². The molecule has 0 unspecified atom stereocenters. The first kappa shape index (κ1) is 20.8. The van der Waals surface area contributed by atoms with Crippen LogP contribution in [0, 0.1) is 10.1 Å². The van der Waals surface area contributed by atoms with Gasteiger partial charge in [0.1, 0.15) is 6.33 Å². The van der Waals surface area contributed by atoms with Crippen molar-refractivity contribution in [1.82, 2.24) is 15.4 Å². The molecule has 0 radical (unpaired) electrons. The third kappa shape index (κ3) is 4.91. The van der Waals surface area contributed by atoms with Gasteiger partial charge in [-0.25, -0.2) is 9.97 Å². The van der Waals surface area contributed by atoms with E-state index in [4.69, 9.17) is 23.2 Å². The quantitative estimate of drug-likeness (QED) is 0.325. The molecule has 0 saturated heterocycles. The third-order valence-corrected chi connectivity index (χ3v) is 4.86. The van der Waals surface area contributed by atoms with Crippen molar-refractivity contribution in [2.24, 2.45) is 0 Å². The average molecular weight is 498 g/mol. The zero-order valence-electron chi connectivity index (χ0n) is 14.3. The van der Waals surface area contributed by atoms with E-state index in [0.29, 0.717) is 25.8 Å². The molecular weight excluding hydrogens is 487 g/mol. The Morgan fingerprint density at radius 1 is 1.10 bits per heavy atom. The van der Waals surface area contributed by atoms with E-state index < -0.39 is 16.5 Å². The minimum Gasteiger partial charge on any atom is -0.333 e. The van der Waals surface area contributed by atoms with Crippen LogP contribution in [0.15, 0.2) is 53.3 Å². The van der Waals surface area contributed by atoms with Crippen molar-refractivity contribution in [2.75, 3.05) is 10.7 Å². The summed E-state index contributed by atoms with van der Waals surface area (Å²) in [4.78, 5) is 31.0. The van der Waals surface area contributed by atoms with Gasteiger partial charge in [0.05, 0.1) is 21.2 Å². The van der Waals surface area contributed by atoms with Gasteiger partial charge in [-0.1, -0.05) is 35.3 Å². The Kier molecular flexibility index (Phi) is 6.47. The van der Waals surface area contributed by atoms with Gasteiger partial charge in [-0.3, -0.25) is 25.8 Å². The number of amides is 1. The Morgan fingerprint density at radius 2 is 1.83 bits per heavy atom. The maximum absolute atomic E-state index is 12.3. The van der Waals surface area contributed by atoms with Gasteiger partial charge in [-0.05, 0) is 46.3 Å². The molecule has 0 fully saturated rings. The van der Waals surface area contributed by atoms with Crippen molar-refractivity contribution in [3.05, 3.63) is 79.0 Å². The van der Waals surface area contributed by atoms with Gasteiger partial charge in [0.2, 0.25) is 11.6 Å². The van der Waals surface area contributed by atoms with Gasteiger partial charge in [-0.2, -0.15) is 0 Å². The summed E-state index contributed by atoms with van der Waals surface area (Å²) in [6, 6.07) is 11.3. The number of anilines is 3. The first-order valence-corrected chi connectivity index (χ1v) is 9.44. The van der Waals surface area contributed by atoms with Crippen LogP contribution in [0.1, 0.15) is 10.4 Å². The SMILES string of the molecule is O=C(NNc1ncnc(Nc2cc(Cl)ccc2Cl)c1[N+](=O)[O-])c1ccccc1Br. The van der Waals surface area contributed by atoms with Crippen molar-refractivity contribution in [2.45, 2.75) is 0 Å². The summed E-state index contributed by atoms with van der Waals surface area (Å²) in [5, 5.41) is 15.1. The summed E-state index contributed by atoms with van der Waals surface area (Å²) in [5.41, 5.74) is 5.00. The molecule has 1 heterocycles. The summed E-state index contributed by atoms with van der Waals surface area (Å²) in [5.74, 6) is -0.865. The summed E-state index contributed by atoms with van der Waals surface area (Å²) in [6.07, 6.45) is 1.10. The highest BCUT2D eigenvalue weighted by Gasteiger charge is 2.24. The molecule has 29 heavy (non-hydrogen) atoms. The van der Waals surface area contributed by atoms with Crippen molar-refractivity contribution in [1.29, 1.82) is 0 Å². The van der Waals surface area contributed by atoms with Crippen LogP contribution in [0.3, 0.4) is 0 Å². The molecule has 12 heteroatoms. The third-order valence-electron chi connectivity index (χ3n) is 3.60. The van der Waals surface area contributed by atoms with Gasteiger partial charge >= 0.3 is 5.69 Å². The normalized spacial score (nSPS) is 10.3. The zero-order chi connectivity index (χ0) is 21.0. The maximum atomic E-state index is 12.3. The number of rotatable bonds is 6. The number of hydrazine groups is 1. The predicted octanol–water partition coefficient (Wildman–Crippen LogP) is 4.95. The fourth-order valence-electron chi connectivity index (χ4n) is 2.28. The van der Waals surface area contributed by atoms with Crippen LogP contribution in [-0.2, 0) is 0 Å². The number of carbonyl (C=O) groups is 1. The van der Waals surface area contributed by atoms with Crippen molar-refractivity contribution in [3.63, 3.8) is 0 Å². The van der Waals surface area contributed by atoms with Crippen LogP contribution in [0.2, 0.25) is 10.0 Å². The minimum atomic E-state index is -0.687. The molecule has 0 bridgehead atoms. The highest BCUT2D eigenvalue weighted by atomic mass is 79.9. The van der Waals surface area contributed by atoms with Crippen LogP contribution < -0.4 is 16.2 Å². The lowest BCUT2D eigenvalue weighted by Crippen LogP contribution is -2.30. The largest absolute Gasteiger partial charge is 0.355 e. The molecule has 0 aliphatic heterocycles. The van der Waals surface area contributed by atoms with E-state index in [1.54, 1.807) is 30.3 Å². The van der Waals surface area contributed by atoms with Crippen molar-refractivity contribution < 1.29 is 9.72 Å². The van der Waals surface area contributed by atoms with E-state index in [9.17, 15) is 14.9 Å². The van der Waals surface area contributed by atoms with Crippen LogP contribution in [0.25, 0.3) is 0 Å². The van der Waals surface area contributed by atoms with E-state index in [-0.39, 0.29) is 11.6 Å². The van der Waals surface area contributed by atoms with Gasteiger partial charge in [0.25, 0.3) is 5.91 Å². The van der Waals surface area contributed by atoms with Gasteiger partial charge < -0.3 is 5.32 Å². The predicted molar refractivity (Wildman–Crippen MR) is 114 cm³/mol. The highest BCUT2D eigenvalue weighted by Crippen LogP contribution is 2.34. The number of hydrogen-bond donors (Lipinski definition) is 3. The highest BCUT2D eigenvalue weighted by molar-refractivity contribution is 9.10. The van der Waals surface area contributed by atoms with Crippen LogP contribution in [0.4, 0.5) is 23.0 Å². The van der Waals surface area contributed by atoms with Crippen LogP contribution in [0.5, 0.6) is 0 Å². The summed E-state index contributed by atoms with van der Waals surface area (Å²) in [7, 11) is 0. The Morgan fingerprint density at radius 3 is 2.55 bits per heavy atom. The van der Waals surface area contributed by atoms with Crippen LogP contribution >= 0.6 is 39.1 Å². The van der Waals surface area contributed by atoms with E-state index in [0.717, 1.165) is 6.33 Å². The molecule has 2 aromatic carbocycles. The molecule has 9 nitrogen and oxygen atoms in total. The fraction of sp³-hybridized carbons (Fsp3) is 0. The average Bonchev–Trinajstić information content (AvgIpc) is 2.69. The molecule has 0 spiro atoms. The molecule has 3 rings (SSSR count). The second-order valence-corrected chi connectivity index (χ2v) is 7.18. The molecular formula is C17H11BrCl2N6O3. The molecule has 148 valence electrons. The second kappa shape index (κ2) is 9.03. The molecule has 0 aliphatic rings. The standard InChI is InChI=1S/C17H11BrCl2N6O3/c18-11-4-2-1-3-10(11)17(27)25-24-16-14(26(28)29)15(21-8-22-16)23-13-7-9(19)5-6-12(13)20/h1-8H,(H,25,27)(H2,21,22,23,24). The van der Waals surface area contributed by atoms with Gasteiger partial charge in [0.15, 0.2) is 0 Å². The van der Waals surface area contributed by atoms with E-state index in [1.165, 1.54) is 12.1 Å². The van der Waals surface area contributed by atoms with Crippen LogP contribution in [-0.4, -0.2) is 20.8 Å². The molecule has 1 amide bonds. The summed E-state index contributed by atoms with van der Waals surface area (Å²) in [6.45, 7) is 0. The zero-order valence-corrected chi connectivity index (χ0v) is 17.4. The Bertz CT molecular complexity index is 1100. The molecule has 3 aromatic rings.